The van der Waals surface area contributed by atoms with Crippen LogP contribution < -0.4 is 0 Å². The molecule has 1 rings (SSSR count). The number of carbonyl (C=O) groups excluding carboxylic acids is 1. The van der Waals surface area contributed by atoms with E-state index >= 15 is 0 Å². The lowest BCUT2D eigenvalue weighted by Gasteiger charge is -2.04. The van der Waals surface area contributed by atoms with E-state index in [1.807, 2.05) is 0 Å². The Morgan fingerprint density at radius 2 is 1.89 bits per heavy atom. The van der Waals surface area contributed by atoms with Gasteiger partial charge < -0.3 is 4.74 Å². The van der Waals surface area contributed by atoms with Crippen molar-refractivity contribution in [2.24, 2.45) is 0 Å². The molecular formula is C14H18NO4. The number of rotatable bonds is 8. The molecule has 0 saturated heterocycles. The van der Waals surface area contributed by atoms with E-state index in [0.29, 0.717) is 6.42 Å². The summed E-state index contributed by atoms with van der Waals surface area (Å²) in [7, 11) is 0. The summed E-state index contributed by atoms with van der Waals surface area (Å²) in [5.41, 5.74) is 0.778. The summed E-state index contributed by atoms with van der Waals surface area (Å²) in [5, 5.41) is 10.5. The Morgan fingerprint density at radius 3 is 2.47 bits per heavy atom. The Hall–Kier alpha value is -1.91. The minimum absolute atomic E-state index is 0.0308. The highest BCUT2D eigenvalue weighted by Crippen LogP contribution is 2.13. The molecule has 0 N–H and O–H groups in total. The van der Waals surface area contributed by atoms with Crippen molar-refractivity contribution >= 4 is 11.7 Å². The van der Waals surface area contributed by atoms with E-state index in [4.69, 9.17) is 4.74 Å². The van der Waals surface area contributed by atoms with Crippen molar-refractivity contribution in [1.29, 1.82) is 0 Å². The maximum Gasteiger partial charge on any atom is 0.306 e. The van der Waals surface area contributed by atoms with Gasteiger partial charge in [-0.1, -0.05) is 26.2 Å². The summed E-state index contributed by atoms with van der Waals surface area (Å²) < 4.78 is 5.08. The van der Waals surface area contributed by atoms with Crippen LogP contribution in [-0.2, 0) is 16.1 Å². The second-order valence-corrected chi connectivity index (χ2v) is 4.25. The Bertz CT molecular complexity index is 414. The fourth-order valence-corrected chi connectivity index (χ4v) is 1.57. The average molecular weight is 264 g/mol. The van der Waals surface area contributed by atoms with Crippen molar-refractivity contribution in [3.8, 4) is 0 Å². The Balaban J connectivity index is 2.28. The lowest BCUT2D eigenvalue weighted by molar-refractivity contribution is -0.384. The molecule has 0 bridgehead atoms. The minimum Gasteiger partial charge on any atom is -0.461 e. The third-order valence-corrected chi connectivity index (χ3v) is 2.68. The summed E-state index contributed by atoms with van der Waals surface area (Å²) in [6, 6.07) is 5.98. The topological polar surface area (TPSA) is 69.4 Å². The van der Waals surface area contributed by atoms with Crippen molar-refractivity contribution in [2.75, 3.05) is 0 Å². The maximum absolute atomic E-state index is 11.4. The van der Waals surface area contributed by atoms with Crippen molar-refractivity contribution < 1.29 is 14.5 Å². The first-order valence-electron chi connectivity index (χ1n) is 6.31. The van der Waals surface area contributed by atoms with Crippen LogP contribution in [0.1, 0.15) is 37.7 Å². The van der Waals surface area contributed by atoms with Crippen LogP contribution in [-0.4, -0.2) is 10.9 Å². The molecule has 0 spiro atoms. The highest BCUT2D eigenvalue weighted by atomic mass is 16.6. The number of carbonyl (C=O) groups is 1. The molecule has 5 heteroatoms. The molecule has 0 aliphatic heterocycles. The van der Waals surface area contributed by atoms with Gasteiger partial charge in [0.2, 0.25) is 0 Å². The number of nitro benzene ring substituents is 1. The molecule has 103 valence electrons. The van der Waals surface area contributed by atoms with E-state index < -0.39 is 4.92 Å². The molecule has 0 unspecified atom stereocenters. The fraction of sp³-hybridized carbons (Fsp3) is 0.429. The lowest BCUT2D eigenvalue weighted by atomic mass is 10.1. The number of benzene rings is 1. The van der Waals surface area contributed by atoms with Gasteiger partial charge in [-0.3, -0.25) is 14.9 Å². The molecule has 0 atom stereocenters. The smallest absolute Gasteiger partial charge is 0.306 e. The predicted molar refractivity (Wildman–Crippen MR) is 71.3 cm³/mol. The van der Waals surface area contributed by atoms with E-state index in [2.05, 4.69) is 6.92 Å². The first kappa shape index (κ1) is 15.1. The van der Waals surface area contributed by atoms with Gasteiger partial charge in [-0.25, -0.2) is 0 Å². The second-order valence-electron chi connectivity index (χ2n) is 4.25. The molecule has 5 nitrogen and oxygen atoms in total. The molecule has 0 aliphatic rings. The molecule has 0 aromatic heterocycles. The van der Waals surface area contributed by atoms with E-state index in [-0.39, 0.29) is 18.3 Å². The molecule has 1 aromatic carbocycles. The molecule has 0 aliphatic carbocycles. The third kappa shape index (κ3) is 5.99. The number of non-ortho nitro benzene ring substituents is 1. The van der Waals surface area contributed by atoms with Crippen LogP contribution in [0.3, 0.4) is 0 Å². The van der Waals surface area contributed by atoms with E-state index in [0.717, 1.165) is 31.2 Å². The summed E-state index contributed by atoms with van der Waals surface area (Å²) in [5.74, 6) is -0.234. The Labute approximate surface area is 112 Å². The largest absolute Gasteiger partial charge is 0.461 e. The monoisotopic (exact) mass is 264 g/mol. The van der Waals surface area contributed by atoms with Gasteiger partial charge in [-0.15, -0.1) is 0 Å². The number of esters is 1. The van der Waals surface area contributed by atoms with E-state index in [9.17, 15) is 14.9 Å². The first-order valence-corrected chi connectivity index (χ1v) is 6.31. The number of unbranched alkanes of at least 4 members (excludes halogenated alkanes) is 3. The highest BCUT2D eigenvalue weighted by molar-refractivity contribution is 5.69. The third-order valence-electron chi connectivity index (χ3n) is 2.68. The Morgan fingerprint density at radius 1 is 1.21 bits per heavy atom. The number of nitro groups is 1. The average Bonchev–Trinajstić information content (AvgIpc) is 2.42. The molecular weight excluding hydrogens is 246 g/mol. The first-order chi connectivity index (χ1) is 9.13. The van der Waals surface area contributed by atoms with Gasteiger partial charge in [0.1, 0.15) is 6.61 Å². The second kappa shape index (κ2) is 8.24. The van der Waals surface area contributed by atoms with Gasteiger partial charge in [0.25, 0.3) is 5.69 Å². The highest BCUT2D eigenvalue weighted by Gasteiger charge is 2.06. The van der Waals surface area contributed by atoms with Crippen molar-refractivity contribution in [2.45, 2.75) is 38.7 Å². The van der Waals surface area contributed by atoms with Crippen LogP contribution in [0, 0.1) is 17.0 Å². The van der Waals surface area contributed by atoms with Crippen molar-refractivity contribution in [3.63, 3.8) is 0 Å². The van der Waals surface area contributed by atoms with E-state index in [1.165, 1.54) is 12.1 Å². The number of nitrogens with zero attached hydrogens (tertiary/aromatic N) is 1. The van der Waals surface area contributed by atoms with Crippen molar-refractivity contribution in [1.82, 2.24) is 0 Å². The molecule has 0 fully saturated rings. The minimum atomic E-state index is -0.460. The van der Waals surface area contributed by atoms with Gasteiger partial charge in [-0.05, 0) is 24.1 Å². The summed E-state index contributed by atoms with van der Waals surface area (Å²) in [6.07, 6.45) is 4.12. The Kier molecular flexibility index (Phi) is 6.57. The number of hydrogen-bond donors (Lipinski definition) is 0. The fourth-order valence-electron chi connectivity index (χ4n) is 1.57. The molecule has 0 saturated carbocycles. The van der Waals surface area contributed by atoms with Gasteiger partial charge >= 0.3 is 5.97 Å². The van der Waals surface area contributed by atoms with Crippen LogP contribution in [0.15, 0.2) is 24.3 Å². The number of hydrogen-bond acceptors (Lipinski definition) is 4. The zero-order valence-corrected chi connectivity index (χ0v) is 10.8. The zero-order valence-electron chi connectivity index (χ0n) is 10.8. The summed E-state index contributed by atoms with van der Waals surface area (Å²) in [6.45, 7) is 3.89. The molecule has 0 amide bonds. The van der Waals surface area contributed by atoms with Gasteiger partial charge in [-0.2, -0.15) is 0 Å². The van der Waals surface area contributed by atoms with Crippen LogP contribution in [0.2, 0.25) is 0 Å². The van der Waals surface area contributed by atoms with Crippen LogP contribution in [0.4, 0.5) is 5.69 Å². The quantitative estimate of drug-likeness (QED) is 0.312. The molecule has 1 aromatic rings. The lowest BCUT2D eigenvalue weighted by Crippen LogP contribution is -2.04. The van der Waals surface area contributed by atoms with E-state index in [1.54, 1.807) is 12.1 Å². The van der Waals surface area contributed by atoms with Crippen LogP contribution in [0.5, 0.6) is 0 Å². The van der Waals surface area contributed by atoms with Gasteiger partial charge in [0.15, 0.2) is 0 Å². The standard InChI is InChI=1S/C14H18NO4/c1-2-3-4-5-6-14(16)19-11-12-7-9-13(10-8-12)15(17)18/h7-10H,1-6,11H2. The van der Waals surface area contributed by atoms with Gasteiger partial charge in [0.05, 0.1) is 4.92 Å². The van der Waals surface area contributed by atoms with Crippen LogP contribution >= 0.6 is 0 Å². The molecule has 1 radical (unpaired) electrons. The maximum atomic E-state index is 11.4. The normalized spacial score (nSPS) is 10.2. The zero-order chi connectivity index (χ0) is 14.1. The molecule has 19 heavy (non-hydrogen) atoms. The van der Waals surface area contributed by atoms with Gasteiger partial charge in [0, 0.05) is 18.6 Å². The predicted octanol–water partition coefficient (Wildman–Crippen LogP) is 3.42. The summed E-state index contributed by atoms with van der Waals surface area (Å²) in [4.78, 5) is 21.4. The van der Waals surface area contributed by atoms with Crippen molar-refractivity contribution in [3.05, 3.63) is 46.9 Å². The molecule has 0 heterocycles. The van der Waals surface area contributed by atoms with Crippen LogP contribution in [0.25, 0.3) is 0 Å². The summed E-state index contributed by atoms with van der Waals surface area (Å²) >= 11 is 0. The number of ether oxygens (including phenoxy) is 1. The SMILES string of the molecule is [CH2]CCCCCC(=O)OCc1ccc([N+](=O)[O-])cc1.